The number of nitrogens with one attached hydrogen (secondary N) is 1. The smallest absolute Gasteiger partial charge is 0.271 e. The molecule has 1 atom stereocenters. The minimum atomic E-state index is -0.136. The highest BCUT2D eigenvalue weighted by atomic mass is 16.2. The van der Waals surface area contributed by atoms with Gasteiger partial charge in [-0.3, -0.25) is 9.48 Å². The summed E-state index contributed by atoms with van der Waals surface area (Å²) in [5.74, 6) is -0.136. The van der Waals surface area contributed by atoms with Crippen molar-refractivity contribution in [1.29, 1.82) is 0 Å². The largest absolute Gasteiger partial charge is 0.396 e. The van der Waals surface area contributed by atoms with Crippen molar-refractivity contribution < 1.29 is 4.79 Å². The Bertz CT molecular complexity index is 388. The minimum Gasteiger partial charge on any atom is -0.396 e. The molecule has 15 heavy (non-hydrogen) atoms. The van der Waals surface area contributed by atoms with Crippen LogP contribution in [0.2, 0.25) is 0 Å². The maximum atomic E-state index is 11.8. The molecule has 0 aromatic carbocycles. The van der Waals surface area contributed by atoms with Crippen LogP contribution in [0, 0.1) is 5.41 Å². The molecule has 1 aromatic rings. The molecule has 1 fully saturated rings. The molecule has 1 amide bonds. The second kappa shape index (κ2) is 2.98. The lowest BCUT2D eigenvalue weighted by molar-refractivity contribution is 0.0938. The first kappa shape index (κ1) is 10.0. The molecule has 3 N–H and O–H groups in total. The van der Waals surface area contributed by atoms with Crippen LogP contribution in [-0.4, -0.2) is 21.7 Å². The molecule has 1 aromatic heterocycles. The molecule has 0 bridgehead atoms. The molecule has 1 saturated carbocycles. The third-order valence-corrected chi connectivity index (χ3v) is 3.00. The summed E-state index contributed by atoms with van der Waals surface area (Å²) < 4.78 is 1.50. The first-order valence-electron chi connectivity index (χ1n) is 5.00. The monoisotopic (exact) mass is 208 g/mol. The number of aromatic nitrogens is 2. The van der Waals surface area contributed by atoms with Crippen LogP contribution in [0.1, 0.15) is 30.8 Å². The van der Waals surface area contributed by atoms with Gasteiger partial charge in [-0.2, -0.15) is 5.10 Å². The van der Waals surface area contributed by atoms with Crippen molar-refractivity contribution in [3.8, 4) is 0 Å². The summed E-state index contributed by atoms with van der Waals surface area (Å²) in [5.41, 5.74) is 6.75. The van der Waals surface area contributed by atoms with Crippen LogP contribution >= 0.6 is 0 Å². The highest BCUT2D eigenvalue weighted by Gasteiger charge is 2.46. The van der Waals surface area contributed by atoms with Gasteiger partial charge in [-0.15, -0.1) is 0 Å². The van der Waals surface area contributed by atoms with E-state index in [9.17, 15) is 4.79 Å². The van der Waals surface area contributed by atoms with Gasteiger partial charge in [0.15, 0.2) is 0 Å². The predicted molar refractivity (Wildman–Crippen MR) is 57.3 cm³/mol. The van der Waals surface area contributed by atoms with Gasteiger partial charge < -0.3 is 11.1 Å². The van der Waals surface area contributed by atoms with Crippen molar-refractivity contribution in [2.45, 2.75) is 26.3 Å². The molecule has 0 radical (unpaired) electrons. The molecule has 0 spiro atoms. The van der Waals surface area contributed by atoms with Gasteiger partial charge in [0.2, 0.25) is 0 Å². The first-order valence-corrected chi connectivity index (χ1v) is 5.00. The average Bonchev–Trinajstić information content (AvgIpc) is 2.53. The molecule has 0 saturated heterocycles. The van der Waals surface area contributed by atoms with Gasteiger partial charge >= 0.3 is 0 Å². The van der Waals surface area contributed by atoms with Crippen molar-refractivity contribution in [2.75, 3.05) is 5.73 Å². The van der Waals surface area contributed by atoms with Gasteiger partial charge in [-0.25, -0.2) is 0 Å². The normalized spacial score (nSPS) is 22.5. The number of carbonyl (C=O) groups excluding carboxylic acids is 1. The summed E-state index contributed by atoms with van der Waals surface area (Å²) in [6.07, 6.45) is 2.52. The summed E-state index contributed by atoms with van der Waals surface area (Å²) in [6, 6.07) is 0.263. The minimum absolute atomic E-state index is 0.136. The van der Waals surface area contributed by atoms with E-state index < -0.39 is 0 Å². The van der Waals surface area contributed by atoms with E-state index in [-0.39, 0.29) is 17.4 Å². The van der Waals surface area contributed by atoms with Gasteiger partial charge in [-0.1, -0.05) is 13.8 Å². The van der Waals surface area contributed by atoms with Gasteiger partial charge in [0.1, 0.15) is 5.69 Å². The highest BCUT2D eigenvalue weighted by molar-refractivity contribution is 5.97. The van der Waals surface area contributed by atoms with Crippen molar-refractivity contribution in [3.05, 3.63) is 11.9 Å². The van der Waals surface area contributed by atoms with Gasteiger partial charge in [-0.05, 0) is 11.8 Å². The summed E-state index contributed by atoms with van der Waals surface area (Å²) in [7, 11) is 1.71. The predicted octanol–water partition coefficient (Wildman–Crippen LogP) is 0.531. The number of hydrogen-bond donors (Lipinski definition) is 2. The standard InChI is InChI=1S/C10H16N4O/c1-10(2)4-7(10)13-9(15)8-6(11)5-12-14(8)3/h5,7H,4,11H2,1-3H3,(H,13,15). The number of nitrogens with zero attached hydrogens (tertiary/aromatic N) is 2. The number of carbonyl (C=O) groups is 1. The maximum absolute atomic E-state index is 11.8. The fraction of sp³-hybridized carbons (Fsp3) is 0.600. The topological polar surface area (TPSA) is 72.9 Å². The zero-order valence-corrected chi connectivity index (χ0v) is 9.24. The van der Waals surface area contributed by atoms with Crippen molar-refractivity contribution in [1.82, 2.24) is 15.1 Å². The third kappa shape index (κ3) is 1.69. The van der Waals surface area contributed by atoms with Gasteiger partial charge in [0.05, 0.1) is 11.9 Å². The Labute approximate surface area is 88.6 Å². The van der Waals surface area contributed by atoms with E-state index in [0.29, 0.717) is 11.4 Å². The van der Waals surface area contributed by atoms with E-state index in [1.54, 1.807) is 7.05 Å². The Morgan fingerprint density at radius 3 is 2.73 bits per heavy atom. The van der Waals surface area contributed by atoms with Crippen molar-refractivity contribution >= 4 is 11.6 Å². The number of amides is 1. The van der Waals surface area contributed by atoms with Gasteiger partial charge in [0.25, 0.3) is 5.91 Å². The highest BCUT2D eigenvalue weighted by Crippen LogP contribution is 2.44. The zero-order valence-electron chi connectivity index (χ0n) is 9.24. The maximum Gasteiger partial charge on any atom is 0.271 e. The number of hydrogen-bond acceptors (Lipinski definition) is 3. The summed E-state index contributed by atoms with van der Waals surface area (Å²) >= 11 is 0. The molecule has 5 nitrogen and oxygen atoms in total. The Morgan fingerprint density at radius 2 is 2.33 bits per heavy atom. The second-order valence-electron chi connectivity index (χ2n) is 4.79. The summed E-state index contributed by atoms with van der Waals surface area (Å²) in [6.45, 7) is 4.26. The molecule has 1 heterocycles. The SMILES string of the molecule is Cn1ncc(N)c1C(=O)NC1CC1(C)C. The first-order chi connectivity index (χ1) is 6.92. The summed E-state index contributed by atoms with van der Waals surface area (Å²) in [4.78, 5) is 11.8. The van der Waals surface area contributed by atoms with E-state index in [1.807, 2.05) is 0 Å². The van der Waals surface area contributed by atoms with Crippen LogP contribution in [0.25, 0.3) is 0 Å². The van der Waals surface area contributed by atoms with E-state index in [2.05, 4.69) is 24.3 Å². The summed E-state index contributed by atoms with van der Waals surface area (Å²) in [5, 5.41) is 6.88. The van der Waals surface area contributed by atoms with Crippen LogP contribution in [0.5, 0.6) is 0 Å². The molecule has 5 heteroatoms. The lowest BCUT2D eigenvalue weighted by atomic mass is 10.2. The average molecular weight is 208 g/mol. The Morgan fingerprint density at radius 1 is 1.73 bits per heavy atom. The van der Waals surface area contributed by atoms with Crippen LogP contribution < -0.4 is 11.1 Å². The van der Waals surface area contributed by atoms with E-state index in [1.165, 1.54) is 10.9 Å². The molecule has 1 aliphatic rings. The number of anilines is 1. The molecule has 82 valence electrons. The Kier molecular flexibility index (Phi) is 1.99. The number of nitrogen functional groups attached to an aromatic ring is 1. The molecule has 1 aliphatic carbocycles. The molecule has 2 rings (SSSR count). The van der Waals surface area contributed by atoms with E-state index in [4.69, 9.17) is 5.73 Å². The van der Waals surface area contributed by atoms with Crippen LogP contribution in [0.15, 0.2) is 6.20 Å². The molecular formula is C10H16N4O. The Balaban J connectivity index is 2.09. The fourth-order valence-electron chi connectivity index (χ4n) is 1.67. The third-order valence-electron chi connectivity index (χ3n) is 3.00. The van der Waals surface area contributed by atoms with Gasteiger partial charge in [0, 0.05) is 13.1 Å². The molecular weight excluding hydrogens is 192 g/mol. The van der Waals surface area contributed by atoms with Crippen LogP contribution in [0.3, 0.4) is 0 Å². The molecule has 0 aliphatic heterocycles. The Hall–Kier alpha value is -1.52. The quantitative estimate of drug-likeness (QED) is 0.744. The zero-order chi connectivity index (χ0) is 11.2. The number of rotatable bonds is 2. The lowest BCUT2D eigenvalue weighted by Gasteiger charge is -2.07. The number of aryl methyl sites for hydroxylation is 1. The molecule has 1 unspecified atom stereocenters. The van der Waals surface area contributed by atoms with E-state index >= 15 is 0 Å². The van der Waals surface area contributed by atoms with Crippen LogP contribution in [0.4, 0.5) is 5.69 Å². The lowest BCUT2D eigenvalue weighted by Crippen LogP contribution is -2.30. The van der Waals surface area contributed by atoms with Crippen molar-refractivity contribution in [2.24, 2.45) is 12.5 Å². The number of nitrogens with two attached hydrogens (primary N) is 1. The van der Waals surface area contributed by atoms with E-state index in [0.717, 1.165) is 6.42 Å². The van der Waals surface area contributed by atoms with Crippen molar-refractivity contribution in [3.63, 3.8) is 0 Å². The fourth-order valence-corrected chi connectivity index (χ4v) is 1.67. The van der Waals surface area contributed by atoms with Crippen LogP contribution in [-0.2, 0) is 7.05 Å². The second-order valence-corrected chi connectivity index (χ2v) is 4.79.